The molecule has 4 aromatic rings. The molecular weight excluding hydrogens is 510 g/mol. The number of aryl methyl sites for hydroxylation is 2. The maximum absolute atomic E-state index is 6.65. The van der Waals surface area contributed by atoms with Crippen molar-refractivity contribution in [2.24, 2.45) is 17.8 Å². The molecule has 6 rings (SSSR count). The van der Waals surface area contributed by atoms with Gasteiger partial charge in [-0.1, -0.05) is 33.8 Å². The van der Waals surface area contributed by atoms with Gasteiger partial charge < -0.3 is 9.72 Å². The first kappa shape index (κ1) is 28.3. The number of fused-ring (bicyclic) bond motifs is 2. The summed E-state index contributed by atoms with van der Waals surface area (Å²) in [6.45, 7) is 17.8. The van der Waals surface area contributed by atoms with E-state index in [9.17, 15) is 0 Å². The molecule has 8 nitrogen and oxygen atoms in total. The number of aromatic amines is 1. The number of rotatable bonds is 9. The third kappa shape index (κ3) is 5.91. The number of aromatic nitrogens is 6. The molecule has 3 atom stereocenters. The molecule has 41 heavy (non-hydrogen) atoms. The Morgan fingerprint density at radius 1 is 1.07 bits per heavy atom. The summed E-state index contributed by atoms with van der Waals surface area (Å²) < 4.78 is 8.76. The number of hydrogen-bond donors (Lipinski definition) is 1. The van der Waals surface area contributed by atoms with E-state index < -0.39 is 0 Å². The summed E-state index contributed by atoms with van der Waals surface area (Å²) in [5.74, 6) is 3.12. The first-order chi connectivity index (χ1) is 19.5. The van der Waals surface area contributed by atoms with Crippen molar-refractivity contribution < 1.29 is 4.74 Å². The predicted molar refractivity (Wildman–Crippen MR) is 164 cm³/mol. The van der Waals surface area contributed by atoms with Gasteiger partial charge in [-0.2, -0.15) is 0 Å². The lowest BCUT2D eigenvalue weighted by Gasteiger charge is -2.40. The van der Waals surface area contributed by atoms with Gasteiger partial charge >= 0.3 is 0 Å². The Labute approximate surface area is 244 Å². The molecule has 8 heteroatoms. The fourth-order valence-electron chi connectivity index (χ4n) is 6.87. The second kappa shape index (κ2) is 11.1. The maximum Gasteiger partial charge on any atom is 0.165 e. The Morgan fingerprint density at radius 2 is 1.88 bits per heavy atom. The zero-order valence-corrected chi connectivity index (χ0v) is 25.9. The van der Waals surface area contributed by atoms with Gasteiger partial charge in [0, 0.05) is 31.5 Å². The van der Waals surface area contributed by atoms with E-state index in [1.807, 2.05) is 13.3 Å². The van der Waals surface area contributed by atoms with Crippen molar-refractivity contribution in [1.82, 2.24) is 34.4 Å². The molecule has 1 saturated carbocycles. The standard InChI is InChI=1S/C33H47N7O/c1-20(2)39(17-26-12-21(3)32(41-26)40-19-36-30-22(4)34-18-35-31(30)40)16-24-13-23(14-24)8-11-29-37-27-10-9-25(33(5,6)7)15-28(27)38-29/h9-10,15,18-21,23-24,26,32H,8,11-14,16-17H2,1-7H3,(H,37,38). The zero-order valence-electron chi connectivity index (χ0n) is 25.9. The zero-order chi connectivity index (χ0) is 28.9. The Bertz CT molecular complexity index is 1490. The Hall–Kier alpha value is -2.84. The van der Waals surface area contributed by atoms with Gasteiger partial charge in [0.05, 0.1) is 29.2 Å². The van der Waals surface area contributed by atoms with Crippen molar-refractivity contribution in [1.29, 1.82) is 0 Å². The molecule has 220 valence electrons. The molecule has 1 N–H and O–H groups in total. The molecule has 1 aliphatic carbocycles. The van der Waals surface area contributed by atoms with E-state index in [-0.39, 0.29) is 17.7 Å². The fraction of sp³-hybridized carbons (Fsp3) is 0.636. The molecule has 3 aromatic heterocycles. The summed E-state index contributed by atoms with van der Waals surface area (Å²) in [7, 11) is 0. The number of ether oxygens (including phenoxy) is 1. The van der Waals surface area contributed by atoms with Crippen LogP contribution in [0.4, 0.5) is 0 Å². The van der Waals surface area contributed by atoms with E-state index in [1.54, 1.807) is 6.33 Å². The second-order valence-electron chi connectivity index (χ2n) is 14.1. The quantitative estimate of drug-likeness (QED) is 0.250. The van der Waals surface area contributed by atoms with Gasteiger partial charge in [0.25, 0.3) is 0 Å². The molecule has 1 aromatic carbocycles. The summed E-state index contributed by atoms with van der Waals surface area (Å²) >= 11 is 0. The van der Waals surface area contributed by atoms with Gasteiger partial charge in [0.1, 0.15) is 23.9 Å². The second-order valence-corrected chi connectivity index (χ2v) is 14.1. The van der Waals surface area contributed by atoms with Crippen LogP contribution in [0.1, 0.15) is 90.5 Å². The highest BCUT2D eigenvalue weighted by Crippen LogP contribution is 2.39. The van der Waals surface area contributed by atoms with Crippen molar-refractivity contribution in [3.8, 4) is 0 Å². The summed E-state index contributed by atoms with van der Waals surface area (Å²) in [6.07, 6.45) is 9.65. The van der Waals surface area contributed by atoms with Crippen LogP contribution in [0.25, 0.3) is 22.2 Å². The van der Waals surface area contributed by atoms with Crippen LogP contribution in [-0.2, 0) is 16.6 Å². The fourth-order valence-corrected chi connectivity index (χ4v) is 6.87. The first-order valence-corrected chi connectivity index (χ1v) is 15.6. The minimum Gasteiger partial charge on any atom is -0.353 e. The maximum atomic E-state index is 6.65. The van der Waals surface area contributed by atoms with Crippen LogP contribution >= 0.6 is 0 Å². The molecule has 0 spiro atoms. The third-order valence-electron chi connectivity index (χ3n) is 9.45. The van der Waals surface area contributed by atoms with Crippen LogP contribution in [0.3, 0.4) is 0 Å². The lowest BCUT2D eigenvalue weighted by atomic mass is 9.72. The Balaban J connectivity index is 0.995. The van der Waals surface area contributed by atoms with Gasteiger partial charge in [-0.25, -0.2) is 19.9 Å². The normalized spacial score (nSPS) is 25.1. The monoisotopic (exact) mass is 557 g/mol. The smallest absolute Gasteiger partial charge is 0.165 e. The van der Waals surface area contributed by atoms with Gasteiger partial charge in [-0.3, -0.25) is 9.47 Å². The van der Waals surface area contributed by atoms with Crippen molar-refractivity contribution in [3.05, 3.63) is 47.9 Å². The van der Waals surface area contributed by atoms with E-state index in [1.165, 1.54) is 30.3 Å². The Morgan fingerprint density at radius 3 is 2.63 bits per heavy atom. The number of H-pyrrole nitrogens is 1. The highest BCUT2D eigenvalue weighted by molar-refractivity contribution is 5.76. The van der Waals surface area contributed by atoms with Crippen LogP contribution in [0.15, 0.2) is 30.9 Å². The third-order valence-corrected chi connectivity index (χ3v) is 9.45. The van der Waals surface area contributed by atoms with Crippen molar-refractivity contribution in [2.45, 2.75) is 104 Å². The van der Waals surface area contributed by atoms with E-state index in [2.05, 4.69) is 89.1 Å². The van der Waals surface area contributed by atoms with Gasteiger partial charge in [0.15, 0.2) is 5.65 Å². The number of hydrogen-bond acceptors (Lipinski definition) is 6. The van der Waals surface area contributed by atoms with Crippen molar-refractivity contribution in [3.63, 3.8) is 0 Å². The van der Waals surface area contributed by atoms with Gasteiger partial charge in [-0.15, -0.1) is 0 Å². The summed E-state index contributed by atoms with van der Waals surface area (Å²) in [4.78, 5) is 24.5. The van der Waals surface area contributed by atoms with Crippen LogP contribution in [0.2, 0.25) is 0 Å². The van der Waals surface area contributed by atoms with Crippen LogP contribution in [0, 0.1) is 24.7 Å². The molecule has 4 heterocycles. The van der Waals surface area contributed by atoms with Crippen molar-refractivity contribution in [2.75, 3.05) is 13.1 Å². The predicted octanol–water partition coefficient (Wildman–Crippen LogP) is 6.60. The molecule has 2 fully saturated rings. The number of benzene rings is 1. The number of imidazole rings is 2. The molecule has 2 aliphatic rings. The van der Waals surface area contributed by atoms with Crippen molar-refractivity contribution >= 4 is 22.2 Å². The first-order valence-electron chi connectivity index (χ1n) is 15.6. The minimum absolute atomic E-state index is 0.0281. The van der Waals surface area contributed by atoms with E-state index in [0.717, 1.165) is 66.0 Å². The number of nitrogens with zero attached hydrogens (tertiary/aromatic N) is 6. The average Bonchev–Trinajstić information content (AvgIpc) is 3.60. The molecule has 1 aliphatic heterocycles. The minimum atomic E-state index is -0.0281. The van der Waals surface area contributed by atoms with Gasteiger partial charge in [-0.05, 0) is 81.4 Å². The topological polar surface area (TPSA) is 84.8 Å². The van der Waals surface area contributed by atoms with Crippen LogP contribution in [0.5, 0.6) is 0 Å². The largest absolute Gasteiger partial charge is 0.353 e. The van der Waals surface area contributed by atoms with E-state index in [0.29, 0.717) is 12.0 Å². The summed E-state index contributed by atoms with van der Waals surface area (Å²) in [5.41, 5.74) is 6.40. The lowest BCUT2D eigenvalue weighted by molar-refractivity contribution is -0.0301. The molecule has 0 amide bonds. The van der Waals surface area contributed by atoms with Crippen LogP contribution < -0.4 is 0 Å². The Kier molecular flexibility index (Phi) is 7.66. The molecule has 1 saturated heterocycles. The SMILES string of the molecule is Cc1ncnc2c1ncn2C1OC(CN(CC2CC(CCc3nc4ccc(C(C)(C)C)cc4[nH]3)C2)C(C)C)CC1C. The summed E-state index contributed by atoms with van der Waals surface area (Å²) in [5, 5.41) is 0. The number of nitrogens with one attached hydrogen (secondary N) is 1. The molecule has 0 radical (unpaired) electrons. The lowest BCUT2D eigenvalue weighted by Crippen LogP contribution is -2.43. The highest BCUT2D eigenvalue weighted by atomic mass is 16.5. The van der Waals surface area contributed by atoms with Gasteiger partial charge in [0.2, 0.25) is 0 Å². The summed E-state index contributed by atoms with van der Waals surface area (Å²) in [6, 6.07) is 7.16. The molecular formula is C33H47N7O. The van der Waals surface area contributed by atoms with E-state index >= 15 is 0 Å². The van der Waals surface area contributed by atoms with Crippen LogP contribution in [-0.4, -0.2) is 59.6 Å². The van der Waals surface area contributed by atoms with E-state index in [4.69, 9.17) is 9.72 Å². The average molecular weight is 558 g/mol. The molecule has 3 unspecified atom stereocenters. The molecule has 0 bridgehead atoms. The highest BCUT2D eigenvalue weighted by Gasteiger charge is 2.37.